The molecule has 7 heteroatoms. The molecule has 0 amide bonds. The molecule has 0 radical (unpaired) electrons. The summed E-state index contributed by atoms with van der Waals surface area (Å²) in [5.41, 5.74) is 1.06. The highest BCUT2D eigenvalue weighted by Crippen LogP contribution is 2.35. The molecule has 0 saturated heterocycles. The summed E-state index contributed by atoms with van der Waals surface area (Å²) >= 11 is 1.05. The minimum atomic E-state index is -0.430. The van der Waals surface area contributed by atoms with Gasteiger partial charge in [0.2, 0.25) is 0 Å². The topological polar surface area (TPSA) is 77.3 Å². The molecule has 1 aromatic carbocycles. The molecule has 1 aliphatic rings. The SMILES string of the molecule is O=[N+]([O-])c1cnc(NC2CCOc3ccccc32)s1. The average Bonchev–Trinajstić information content (AvgIpc) is 2.88. The lowest BCUT2D eigenvalue weighted by Crippen LogP contribution is -2.20. The van der Waals surface area contributed by atoms with Gasteiger partial charge in [-0.25, -0.2) is 4.98 Å². The molecule has 2 aromatic rings. The molecule has 3 rings (SSSR count). The van der Waals surface area contributed by atoms with E-state index in [1.54, 1.807) is 0 Å². The average molecular weight is 277 g/mol. The molecule has 2 heterocycles. The van der Waals surface area contributed by atoms with Gasteiger partial charge in [0.05, 0.1) is 17.6 Å². The fraction of sp³-hybridized carbons (Fsp3) is 0.250. The number of rotatable bonds is 3. The molecular formula is C12H11N3O3S. The van der Waals surface area contributed by atoms with E-state index < -0.39 is 4.92 Å². The van der Waals surface area contributed by atoms with E-state index in [2.05, 4.69) is 10.3 Å². The maximum Gasteiger partial charge on any atom is 0.345 e. The fourth-order valence-corrected chi connectivity index (χ4v) is 2.74. The van der Waals surface area contributed by atoms with Gasteiger partial charge in [-0.1, -0.05) is 18.2 Å². The largest absolute Gasteiger partial charge is 0.493 e. The molecule has 1 N–H and O–H groups in total. The molecule has 1 atom stereocenters. The number of hydrogen-bond donors (Lipinski definition) is 1. The van der Waals surface area contributed by atoms with E-state index in [0.717, 1.165) is 29.1 Å². The molecule has 0 aliphatic carbocycles. The van der Waals surface area contributed by atoms with Gasteiger partial charge in [-0.15, -0.1) is 0 Å². The van der Waals surface area contributed by atoms with Crippen LogP contribution in [0.1, 0.15) is 18.0 Å². The van der Waals surface area contributed by atoms with Crippen molar-refractivity contribution in [3.63, 3.8) is 0 Å². The molecular weight excluding hydrogens is 266 g/mol. The van der Waals surface area contributed by atoms with E-state index in [9.17, 15) is 10.1 Å². The number of hydrogen-bond acceptors (Lipinski definition) is 6. The number of benzene rings is 1. The Balaban J connectivity index is 1.82. The van der Waals surface area contributed by atoms with Gasteiger partial charge in [0.1, 0.15) is 11.9 Å². The number of ether oxygens (including phenoxy) is 1. The zero-order chi connectivity index (χ0) is 13.2. The Hall–Kier alpha value is -2.15. The molecule has 98 valence electrons. The van der Waals surface area contributed by atoms with Crippen molar-refractivity contribution in [2.45, 2.75) is 12.5 Å². The van der Waals surface area contributed by atoms with E-state index >= 15 is 0 Å². The third-order valence-corrected chi connectivity index (χ3v) is 3.81. The van der Waals surface area contributed by atoms with Crippen LogP contribution >= 0.6 is 11.3 Å². The molecule has 19 heavy (non-hydrogen) atoms. The van der Waals surface area contributed by atoms with Crippen molar-refractivity contribution in [3.05, 3.63) is 46.1 Å². The lowest BCUT2D eigenvalue weighted by atomic mass is 10.0. The van der Waals surface area contributed by atoms with Gasteiger partial charge in [-0.05, 0) is 17.4 Å². The Bertz CT molecular complexity index is 614. The van der Waals surface area contributed by atoms with Crippen LogP contribution in [0.25, 0.3) is 0 Å². The van der Waals surface area contributed by atoms with Crippen LogP contribution in [0.4, 0.5) is 10.1 Å². The van der Waals surface area contributed by atoms with Crippen molar-refractivity contribution < 1.29 is 9.66 Å². The maximum atomic E-state index is 10.6. The van der Waals surface area contributed by atoms with Crippen molar-refractivity contribution in [2.24, 2.45) is 0 Å². The van der Waals surface area contributed by atoms with Gasteiger partial charge >= 0.3 is 5.00 Å². The number of anilines is 1. The summed E-state index contributed by atoms with van der Waals surface area (Å²) in [6, 6.07) is 7.87. The highest BCUT2D eigenvalue weighted by molar-refractivity contribution is 7.18. The van der Waals surface area contributed by atoms with Gasteiger partial charge in [0.25, 0.3) is 0 Å². The smallest absolute Gasteiger partial charge is 0.345 e. The van der Waals surface area contributed by atoms with Gasteiger partial charge < -0.3 is 10.1 Å². The first-order chi connectivity index (χ1) is 9.24. The van der Waals surface area contributed by atoms with Crippen molar-refractivity contribution in [1.82, 2.24) is 4.98 Å². The highest BCUT2D eigenvalue weighted by Gasteiger charge is 2.22. The van der Waals surface area contributed by atoms with E-state index in [1.165, 1.54) is 6.20 Å². The number of para-hydroxylation sites is 1. The van der Waals surface area contributed by atoms with Crippen LogP contribution in [0.2, 0.25) is 0 Å². The first-order valence-corrected chi connectivity index (χ1v) is 6.64. The van der Waals surface area contributed by atoms with Crippen molar-refractivity contribution in [1.29, 1.82) is 0 Å². The predicted octanol–water partition coefficient (Wildman–Crippen LogP) is 2.99. The summed E-state index contributed by atoms with van der Waals surface area (Å²) in [7, 11) is 0. The zero-order valence-electron chi connectivity index (χ0n) is 9.91. The Labute approximate surface area is 113 Å². The Morgan fingerprint density at radius 1 is 1.47 bits per heavy atom. The lowest BCUT2D eigenvalue weighted by Gasteiger charge is -2.26. The zero-order valence-corrected chi connectivity index (χ0v) is 10.7. The monoisotopic (exact) mass is 277 g/mol. The normalized spacial score (nSPS) is 17.4. The second-order valence-corrected chi connectivity index (χ2v) is 5.14. The van der Waals surface area contributed by atoms with E-state index in [4.69, 9.17) is 4.74 Å². The molecule has 0 fully saturated rings. The van der Waals surface area contributed by atoms with E-state index in [0.29, 0.717) is 11.7 Å². The molecule has 1 aromatic heterocycles. The minimum absolute atomic E-state index is 0.0443. The number of aromatic nitrogens is 1. The quantitative estimate of drug-likeness (QED) is 0.689. The van der Waals surface area contributed by atoms with Gasteiger partial charge in [-0.3, -0.25) is 10.1 Å². The van der Waals surface area contributed by atoms with Crippen LogP contribution in [-0.2, 0) is 0 Å². The Morgan fingerprint density at radius 3 is 3.11 bits per heavy atom. The summed E-state index contributed by atoms with van der Waals surface area (Å²) in [5, 5.41) is 14.5. The number of thiazole rings is 1. The van der Waals surface area contributed by atoms with Gasteiger partial charge in [-0.2, -0.15) is 0 Å². The van der Waals surface area contributed by atoms with Crippen LogP contribution in [0, 0.1) is 10.1 Å². The maximum absolute atomic E-state index is 10.6. The molecule has 6 nitrogen and oxygen atoms in total. The lowest BCUT2D eigenvalue weighted by molar-refractivity contribution is -0.380. The van der Waals surface area contributed by atoms with Crippen LogP contribution in [0.5, 0.6) is 5.75 Å². The first-order valence-electron chi connectivity index (χ1n) is 5.82. The molecule has 1 unspecified atom stereocenters. The van der Waals surface area contributed by atoms with Crippen LogP contribution in [0.15, 0.2) is 30.5 Å². The second-order valence-electron chi connectivity index (χ2n) is 4.13. The van der Waals surface area contributed by atoms with Gasteiger partial charge in [0, 0.05) is 12.0 Å². The van der Waals surface area contributed by atoms with E-state index in [1.807, 2.05) is 24.3 Å². The summed E-state index contributed by atoms with van der Waals surface area (Å²) in [6.45, 7) is 0.627. The number of nitro groups is 1. The summed E-state index contributed by atoms with van der Waals surface area (Å²) in [6.07, 6.45) is 2.09. The standard InChI is InChI=1S/C12H11N3O3S/c16-15(17)11-7-13-12(19-11)14-9-5-6-18-10-4-2-1-3-8(9)10/h1-4,7,9H,5-6H2,(H,13,14). The second kappa shape index (κ2) is 4.85. The molecule has 0 bridgehead atoms. The van der Waals surface area contributed by atoms with Crippen molar-refractivity contribution in [2.75, 3.05) is 11.9 Å². The number of fused-ring (bicyclic) bond motifs is 1. The van der Waals surface area contributed by atoms with Crippen molar-refractivity contribution >= 4 is 21.5 Å². The Kier molecular flexibility index (Phi) is 3.04. The fourth-order valence-electron chi connectivity index (χ4n) is 2.06. The minimum Gasteiger partial charge on any atom is -0.493 e. The summed E-state index contributed by atoms with van der Waals surface area (Å²) in [4.78, 5) is 14.2. The first kappa shape index (κ1) is 11.9. The summed E-state index contributed by atoms with van der Waals surface area (Å²) < 4.78 is 5.57. The molecule has 1 aliphatic heterocycles. The Morgan fingerprint density at radius 2 is 2.32 bits per heavy atom. The van der Waals surface area contributed by atoms with E-state index in [-0.39, 0.29) is 11.0 Å². The molecule has 0 saturated carbocycles. The number of nitrogens with one attached hydrogen (secondary N) is 1. The third kappa shape index (κ3) is 2.37. The predicted molar refractivity (Wildman–Crippen MR) is 71.7 cm³/mol. The van der Waals surface area contributed by atoms with Crippen LogP contribution in [-0.4, -0.2) is 16.5 Å². The van der Waals surface area contributed by atoms with Gasteiger partial charge in [0.15, 0.2) is 5.13 Å². The van der Waals surface area contributed by atoms with Crippen molar-refractivity contribution in [3.8, 4) is 5.75 Å². The van der Waals surface area contributed by atoms with Crippen LogP contribution in [0.3, 0.4) is 0 Å². The third-order valence-electron chi connectivity index (χ3n) is 2.93. The van der Waals surface area contributed by atoms with Crippen LogP contribution < -0.4 is 10.1 Å². The summed E-state index contributed by atoms with van der Waals surface area (Å²) in [5.74, 6) is 0.859. The molecule has 0 spiro atoms. The highest BCUT2D eigenvalue weighted by atomic mass is 32.1. The number of nitrogens with zero attached hydrogens (tertiary/aromatic N) is 2.